The molecular formula is C11H13FN2O4. The summed E-state index contributed by atoms with van der Waals surface area (Å²) in [6, 6.07) is 3.88. The molecule has 0 aliphatic heterocycles. The first-order chi connectivity index (χ1) is 8.41. The lowest BCUT2D eigenvalue weighted by Crippen LogP contribution is -2.47. The largest absolute Gasteiger partial charge is 0.481 e. The lowest BCUT2D eigenvalue weighted by atomic mass is 10.0. The fourth-order valence-corrected chi connectivity index (χ4v) is 1.24. The van der Waals surface area contributed by atoms with Crippen molar-refractivity contribution < 1.29 is 24.2 Å². The molecule has 0 amide bonds. The van der Waals surface area contributed by atoms with Gasteiger partial charge < -0.3 is 15.6 Å². The number of hydrogen-bond donors (Lipinski definition) is 4. The van der Waals surface area contributed by atoms with Gasteiger partial charge in [0.1, 0.15) is 11.9 Å². The van der Waals surface area contributed by atoms with E-state index in [9.17, 15) is 14.0 Å². The van der Waals surface area contributed by atoms with Crippen molar-refractivity contribution in [2.24, 2.45) is 5.92 Å². The Kier molecular flexibility index (Phi) is 4.61. The van der Waals surface area contributed by atoms with Crippen LogP contribution in [-0.4, -0.2) is 28.2 Å². The van der Waals surface area contributed by atoms with E-state index in [-0.39, 0.29) is 0 Å². The predicted octanol–water partition coefficient (Wildman–Crippen LogP) is 0.916. The summed E-state index contributed by atoms with van der Waals surface area (Å²) in [6.07, 6.45) is 0. The van der Waals surface area contributed by atoms with Crippen molar-refractivity contribution in [3.63, 3.8) is 0 Å². The van der Waals surface area contributed by atoms with Crippen molar-refractivity contribution in [2.45, 2.75) is 13.0 Å². The molecule has 4 N–H and O–H groups in total. The van der Waals surface area contributed by atoms with Gasteiger partial charge in [0.05, 0.1) is 5.92 Å². The molecule has 98 valence electrons. The molecule has 2 atom stereocenters. The third kappa shape index (κ3) is 3.70. The number of aliphatic carboxylic acids is 2. The minimum atomic E-state index is -1.30. The lowest BCUT2D eigenvalue weighted by Gasteiger charge is -2.19. The van der Waals surface area contributed by atoms with Crippen LogP contribution in [0.25, 0.3) is 0 Å². The summed E-state index contributed by atoms with van der Waals surface area (Å²) in [5.74, 6) is -4.06. The maximum atomic E-state index is 12.6. The van der Waals surface area contributed by atoms with Gasteiger partial charge in [0.2, 0.25) is 0 Å². The van der Waals surface area contributed by atoms with Gasteiger partial charge in [-0.15, -0.1) is 0 Å². The van der Waals surface area contributed by atoms with E-state index in [1.807, 2.05) is 0 Å². The van der Waals surface area contributed by atoms with Gasteiger partial charge in [-0.25, -0.2) is 9.82 Å². The van der Waals surface area contributed by atoms with Crippen LogP contribution in [0.5, 0.6) is 0 Å². The first-order valence-electron chi connectivity index (χ1n) is 5.14. The zero-order chi connectivity index (χ0) is 13.7. The molecule has 0 spiro atoms. The molecule has 0 saturated heterocycles. The fourth-order valence-electron chi connectivity index (χ4n) is 1.24. The van der Waals surface area contributed by atoms with Crippen molar-refractivity contribution >= 4 is 17.6 Å². The normalized spacial score (nSPS) is 13.7. The summed E-state index contributed by atoms with van der Waals surface area (Å²) in [5.41, 5.74) is 5.34. The molecule has 0 saturated carbocycles. The zero-order valence-electron chi connectivity index (χ0n) is 9.55. The molecule has 1 rings (SSSR count). The number of rotatable bonds is 6. The summed E-state index contributed by atoms with van der Waals surface area (Å²) in [5, 5.41) is 17.6. The van der Waals surface area contributed by atoms with E-state index in [1.165, 1.54) is 31.2 Å². The highest BCUT2D eigenvalue weighted by Gasteiger charge is 2.29. The number of anilines is 1. The Hall–Kier alpha value is -2.15. The van der Waals surface area contributed by atoms with E-state index in [0.717, 1.165) is 0 Å². The van der Waals surface area contributed by atoms with Crippen molar-refractivity contribution in [1.29, 1.82) is 0 Å². The van der Waals surface area contributed by atoms with Gasteiger partial charge in [-0.1, -0.05) is 0 Å². The minimum absolute atomic E-state index is 0.422. The summed E-state index contributed by atoms with van der Waals surface area (Å²) in [7, 11) is 0. The smallest absolute Gasteiger partial charge is 0.323 e. The zero-order valence-corrected chi connectivity index (χ0v) is 9.55. The van der Waals surface area contributed by atoms with Gasteiger partial charge in [0, 0.05) is 5.69 Å². The molecule has 0 heterocycles. The van der Waals surface area contributed by atoms with Crippen LogP contribution >= 0.6 is 0 Å². The standard InChI is InChI=1S/C11H13FN2O4/c1-6(10(15)16)9(11(17)18)14-13-8-4-2-7(12)3-5-8/h2-6,9,13-14H,1H3,(H,15,16)(H,17,18). The van der Waals surface area contributed by atoms with Crippen LogP contribution in [0.4, 0.5) is 10.1 Å². The Morgan fingerprint density at radius 2 is 1.72 bits per heavy atom. The number of halogens is 1. The SMILES string of the molecule is CC(C(=O)O)C(NNc1ccc(F)cc1)C(=O)O. The van der Waals surface area contributed by atoms with Gasteiger partial charge in [0.25, 0.3) is 0 Å². The Balaban J connectivity index is 2.65. The number of nitrogens with one attached hydrogen (secondary N) is 2. The summed E-state index contributed by atoms with van der Waals surface area (Å²) < 4.78 is 12.6. The number of hydrogen-bond acceptors (Lipinski definition) is 4. The maximum Gasteiger partial charge on any atom is 0.323 e. The topological polar surface area (TPSA) is 98.7 Å². The minimum Gasteiger partial charge on any atom is -0.481 e. The first-order valence-corrected chi connectivity index (χ1v) is 5.14. The Bertz CT molecular complexity index is 435. The van der Waals surface area contributed by atoms with Crippen LogP contribution < -0.4 is 10.9 Å². The van der Waals surface area contributed by atoms with Crippen LogP contribution in [0, 0.1) is 11.7 Å². The highest BCUT2D eigenvalue weighted by molar-refractivity contribution is 5.82. The number of carboxylic acid groups (broad SMARTS) is 2. The third-order valence-electron chi connectivity index (χ3n) is 2.37. The molecule has 2 unspecified atom stereocenters. The quantitative estimate of drug-likeness (QED) is 0.565. The van der Waals surface area contributed by atoms with Crippen LogP contribution in [0.1, 0.15) is 6.92 Å². The van der Waals surface area contributed by atoms with Crippen LogP contribution in [0.15, 0.2) is 24.3 Å². The fraction of sp³-hybridized carbons (Fsp3) is 0.273. The first kappa shape index (κ1) is 13.9. The molecule has 0 aromatic heterocycles. The molecule has 0 aliphatic carbocycles. The second-order valence-corrected chi connectivity index (χ2v) is 3.72. The molecule has 18 heavy (non-hydrogen) atoms. The maximum absolute atomic E-state index is 12.6. The number of carbonyl (C=O) groups is 2. The monoisotopic (exact) mass is 256 g/mol. The lowest BCUT2D eigenvalue weighted by molar-refractivity contribution is -0.150. The third-order valence-corrected chi connectivity index (χ3v) is 2.37. The highest BCUT2D eigenvalue weighted by Crippen LogP contribution is 2.09. The average molecular weight is 256 g/mol. The summed E-state index contributed by atoms with van der Waals surface area (Å²) >= 11 is 0. The molecular weight excluding hydrogens is 243 g/mol. The van der Waals surface area contributed by atoms with E-state index >= 15 is 0 Å². The van der Waals surface area contributed by atoms with Gasteiger partial charge in [-0.3, -0.25) is 9.59 Å². The van der Waals surface area contributed by atoms with Crippen molar-refractivity contribution in [3.05, 3.63) is 30.1 Å². The predicted molar refractivity (Wildman–Crippen MR) is 61.4 cm³/mol. The highest BCUT2D eigenvalue weighted by atomic mass is 19.1. The van der Waals surface area contributed by atoms with E-state index in [2.05, 4.69) is 10.9 Å². The molecule has 0 fully saturated rings. The number of benzene rings is 1. The van der Waals surface area contributed by atoms with Gasteiger partial charge in [0.15, 0.2) is 0 Å². The average Bonchev–Trinajstić information content (AvgIpc) is 2.31. The van der Waals surface area contributed by atoms with Gasteiger partial charge in [-0.05, 0) is 31.2 Å². The molecule has 0 aliphatic rings. The van der Waals surface area contributed by atoms with Crippen LogP contribution in [-0.2, 0) is 9.59 Å². The molecule has 6 nitrogen and oxygen atoms in total. The van der Waals surface area contributed by atoms with Crippen LogP contribution in [0.3, 0.4) is 0 Å². The van der Waals surface area contributed by atoms with Crippen molar-refractivity contribution in [1.82, 2.24) is 5.43 Å². The molecule has 0 bridgehead atoms. The van der Waals surface area contributed by atoms with Crippen molar-refractivity contribution in [2.75, 3.05) is 5.43 Å². The second-order valence-electron chi connectivity index (χ2n) is 3.72. The Morgan fingerprint density at radius 1 is 1.17 bits per heavy atom. The van der Waals surface area contributed by atoms with E-state index < -0.39 is 29.7 Å². The van der Waals surface area contributed by atoms with E-state index in [0.29, 0.717) is 5.69 Å². The van der Waals surface area contributed by atoms with Crippen molar-refractivity contribution in [3.8, 4) is 0 Å². The number of hydrazine groups is 1. The van der Waals surface area contributed by atoms with E-state index in [4.69, 9.17) is 10.2 Å². The Morgan fingerprint density at radius 3 is 2.17 bits per heavy atom. The van der Waals surface area contributed by atoms with E-state index in [1.54, 1.807) is 0 Å². The van der Waals surface area contributed by atoms with Gasteiger partial charge >= 0.3 is 11.9 Å². The van der Waals surface area contributed by atoms with Gasteiger partial charge in [-0.2, -0.15) is 0 Å². The summed E-state index contributed by atoms with van der Waals surface area (Å²) in [6.45, 7) is 1.28. The second kappa shape index (κ2) is 5.97. The van der Waals surface area contributed by atoms with Crippen LogP contribution in [0.2, 0.25) is 0 Å². The molecule has 0 radical (unpaired) electrons. The summed E-state index contributed by atoms with van der Waals surface area (Å²) in [4.78, 5) is 21.6. The molecule has 1 aromatic rings. The molecule has 1 aromatic carbocycles. The Labute approximate surface area is 102 Å². The number of carboxylic acids is 2. The molecule has 7 heteroatoms.